The Bertz CT molecular complexity index is 1310. The monoisotopic (exact) mass is 480 g/mol. The summed E-state index contributed by atoms with van der Waals surface area (Å²) in [5, 5.41) is 1.08. The summed E-state index contributed by atoms with van der Waals surface area (Å²) in [6.45, 7) is 3.87. The number of aromatic nitrogens is 1. The average molecular weight is 481 g/mol. The van der Waals surface area contributed by atoms with Gasteiger partial charge in [-0.1, -0.05) is 12.1 Å². The predicted molar refractivity (Wildman–Crippen MR) is 138 cm³/mol. The Balaban J connectivity index is 1.43. The summed E-state index contributed by atoms with van der Waals surface area (Å²) < 4.78 is 34.6. The van der Waals surface area contributed by atoms with Crippen molar-refractivity contribution in [2.24, 2.45) is 0 Å². The molecule has 2 saturated heterocycles. The number of hydrogen-bond donors (Lipinski definition) is 1. The SMILES string of the molecule is Nc1c(-c2ccc(N3CCCCS3(=O)=O)cc2)n(C2CCC2)c2cc(N3CCOCC3)ccc12. The van der Waals surface area contributed by atoms with E-state index in [9.17, 15) is 8.42 Å². The van der Waals surface area contributed by atoms with Crippen LogP contribution in [0.25, 0.3) is 22.2 Å². The summed E-state index contributed by atoms with van der Waals surface area (Å²) in [5.41, 5.74) is 12.8. The number of morpholine rings is 1. The number of fused-ring (bicyclic) bond motifs is 1. The molecule has 3 aromatic rings. The molecule has 3 aliphatic rings. The van der Waals surface area contributed by atoms with Crippen LogP contribution in [-0.2, 0) is 14.8 Å². The summed E-state index contributed by atoms with van der Waals surface area (Å²) in [4.78, 5) is 2.38. The van der Waals surface area contributed by atoms with Gasteiger partial charge in [0.25, 0.3) is 0 Å². The minimum atomic E-state index is -3.22. The van der Waals surface area contributed by atoms with Crippen LogP contribution in [0.2, 0.25) is 0 Å². The van der Waals surface area contributed by atoms with Crippen molar-refractivity contribution in [2.45, 2.75) is 38.1 Å². The third-order valence-electron chi connectivity index (χ3n) is 7.62. The number of nitrogen functional groups attached to an aromatic ring is 1. The van der Waals surface area contributed by atoms with Gasteiger partial charge in [0.2, 0.25) is 10.0 Å². The molecule has 0 spiro atoms. The van der Waals surface area contributed by atoms with E-state index in [1.165, 1.54) is 17.6 Å². The molecule has 0 amide bonds. The quantitative estimate of drug-likeness (QED) is 0.599. The maximum atomic E-state index is 12.6. The molecule has 1 aliphatic carbocycles. The normalized spacial score (nSPS) is 21.1. The van der Waals surface area contributed by atoms with Crippen molar-refractivity contribution in [1.82, 2.24) is 4.57 Å². The third kappa shape index (κ3) is 3.64. The lowest BCUT2D eigenvalue weighted by Crippen LogP contribution is -2.37. The van der Waals surface area contributed by atoms with E-state index >= 15 is 0 Å². The third-order valence-corrected chi connectivity index (χ3v) is 9.49. The average Bonchev–Trinajstić information content (AvgIpc) is 3.10. The van der Waals surface area contributed by atoms with Crippen molar-refractivity contribution >= 4 is 38.0 Å². The highest BCUT2D eigenvalue weighted by Crippen LogP contribution is 2.45. The van der Waals surface area contributed by atoms with Gasteiger partial charge in [0.1, 0.15) is 0 Å². The largest absolute Gasteiger partial charge is 0.396 e. The van der Waals surface area contributed by atoms with Crippen LogP contribution < -0.4 is 14.9 Å². The molecule has 3 heterocycles. The van der Waals surface area contributed by atoms with Gasteiger partial charge in [0, 0.05) is 42.3 Å². The van der Waals surface area contributed by atoms with E-state index in [2.05, 4.69) is 27.7 Å². The zero-order valence-corrected chi connectivity index (χ0v) is 20.3. The Labute approximate surface area is 201 Å². The first-order valence-corrected chi connectivity index (χ1v) is 14.0. The van der Waals surface area contributed by atoms with Crippen molar-refractivity contribution < 1.29 is 13.2 Å². The maximum Gasteiger partial charge on any atom is 0.235 e. The fourth-order valence-corrected chi connectivity index (χ4v) is 7.17. The van der Waals surface area contributed by atoms with E-state index in [1.807, 2.05) is 24.3 Å². The molecule has 34 heavy (non-hydrogen) atoms. The number of nitrogens with two attached hydrogens (primary N) is 1. The van der Waals surface area contributed by atoms with Gasteiger partial charge in [0.05, 0.1) is 41.6 Å². The molecule has 2 N–H and O–H groups in total. The van der Waals surface area contributed by atoms with Crippen molar-refractivity contribution in [3.8, 4) is 11.3 Å². The smallest absolute Gasteiger partial charge is 0.235 e. The maximum absolute atomic E-state index is 12.6. The second kappa shape index (κ2) is 8.50. The van der Waals surface area contributed by atoms with Crippen LogP contribution in [0.4, 0.5) is 17.1 Å². The molecule has 0 bridgehead atoms. The molecule has 2 aromatic carbocycles. The van der Waals surface area contributed by atoms with Gasteiger partial charge in [-0.2, -0.15) is 0 Å². The number of hydrogen-bond acceptors (Lipinski definition) is 5. The second-order valence-electron chi connectivity index (χ2n) is 9.66. The van der Waals surface area contributed by atoms with Crippen molar-refractivity contribution in [2.75, 3.05) is 53.5 Å². The lowest BCUT2D eigenvalue weighted by Gasteiger charge is -2.31. The summed E-state index contributed by atoms with van der Waals surface area (Å²) in [5.74, 6) is 0.225. The lowest BCUT2D eigenvalue weighted by molar-refractivity contribution is 0.122. The Morgan fingerprint density at radius 1 is 0.882 bits per heavy atom. The zero-order valence-electron chi connectivity index (χ0n) is 19.4. The number of rotatable bonds is 4. The molecule has 2 aliphatic heterocycles. The Kier molecular flexibility index (Phi) is 5.45. The van der Waals surface area contributed by atoms with E-state index in [0.29, 0.717) is 12.6 Å². The Morgan fingerprint density at radius 3 is 2.29 bits per heavy atom. The van der Waals surface area contributed by atoms with E-state index in [0.717, 1.165) is 80.0 Å². The fourth-order valence-electron chi connectivity index (χ4n) is 5.53. The van der Waals surface area contributed by atoms with Gasteiger partial charge in [0.15, 0.2) is 0 Å². The molecule has 8 heteroatoms. The lowest BCUT2D eigenvalue weighted by atomic mass is 9.92. The molecular formula is C26H32N4O3S. The predicted octanol–water partition coefficient (Wildman–Crippen LogP) is 4.38. The van der Waals surface area contributed by atoms with E-state index in [-0.39, 0.29) is 5.75 Å². The van der Waals surface area contributed by atoms with E-state index in [4.69, 9.17) is 10.5 Å². The van der Waals surface area contributed by atoms with Crippen LogP contribution in [0.15, 0.2) is 42.5 Å². The van der Waals surface area contributed by atoms with Gasteiger partial charge in [-0.25, -0.2) is 8.42 Å². The molecule has 6 rings (SSSR count). The fraction of sp³-hybridized carbons (Fsp3) is 0.462. The standard InChI is InChI=1S/C26H32N4O3S/c27-25-23-11-10-22(28-13-15-33-16-14-28)18-24(23)30(21-4-3-5-21)26(25)19-6-8-20(9-7-19)29-12-1-2-17-34(29,31)32/h6-11,18,21H,1-5,12-17,27H2. The summed E-state index contributed by atoms with van der Waals surface area (Å²) in [6.07, 6.45) is 5.18. The van der Waals surface area contributed by atoms with Crippen molar-refractivity contribution in [1.29, 1.82) is 0 Å². The van der Waals surface area contributed by atoms with Gasteiger partial charge in [-0.05, 0) is 62.4 Å². The molecule has 0 unspecified atom stereocenters. The van der Waals surface area contributed by atoms with Gasteiger partial charge in [-0.15, -0.1) is 0 Å². The van der Waals surface area contributed by atoms with Gasteiger partial charge >= 0.3 is 0 Å². The first-order valence-electron chi connectivity index (χ1n) is 12.4. The molecule has 1 aromatic heterocycles. The van der Waals surface area contributed by atoms with Crippen molar-refractivity contribution in [3.05, 3.63) is 42.5 Å². The van der Waals surface area contributed by atoms with E-state index < -0.39 is 10.0 Å². The van der Waals surface area contributed by atoms with Crippen LogP contribution in [0.3, 0.4) is 0 Å². The highest BCUT2D eigenvalue weighted by molar-refractivity contribution is 7.92. The van der Waals surface area contributed by atoms with Crippen LogP contribution in [0, 0.1) is 0 Å². The Hall–Kier alpha value is -2.71. The highest BCUT2D eigenvalue weighted by atomic mass is 32.2. The molecule has 0 atom stereocenters. The van der Waals surface area contributed by atoms with E-state index in [1.54, 1.807) is 4.31 Å². The topological polar surface area (TPSA) is 80.8 Å². The number of anilines is 3. The Morgan fingerprint density at radius 2 is 1.62 bits per heavy atom. The molecule has 180 valence electrons. The van der Waals surface area contributed by atoms with Crippen LogP contribution in [-0.4, -0.2) is 51.6 Å². The summed E-state index contributed by atoms with van der Waals surface area (Å²) in [7, 11) is -3.22. The summed E-state index contributed by atoms with van der Waals surface area (Å²) in [6, 6.07) is 15.0. The first kappa shape index (κ1) is 21.8. The molecule has 1 saturated carbocycles. The van der Waals surface area contributed by atoms with Crippen LogP contribution in [0.5, 0.6) is 0 Å². The number of benzene rings is 2. The van der Waals surface area contributed by atoms with Gasteiger partial charge in [-0.3, -0.25) is 4.31 Å². The zero-order chi connectivity index (χ0) is 23.3. The van der Waals surface area contributed by atoms with Crippen LogP contribution in [0.1, 0.15) is 38.1 Å². The highest BCUT2D eigenvalue weighted by Gasteiger charge is 2.29. The second-order valence-corrected chi connectivity index (χ2v) is 11.7. The molecule has 0 radical (unpaired) electrons. The summed E-state index contributed by atoms with van der Waals surface area (Å²) >= 11 is 0. The first-order chi connectivity index (χ1) is 16.5. The molecular weight excluding hydrogens is 448 g/mol. The number of sulfonamides is 1. The molecule has 7 nitrogen and oxygen atoms in total. The number of ether oxygens (including phenoxy) is 1. The minimum Gasteiger partial charge on any atom is -0.396 e. The minimum absolute atomic E-state index is 0.225. The van der Waals surface area contributed by atoms with Crippen molar-refractivity contribution in [3.63, 3.8) is 0 Å². The van der Waals surface area contributed by atoms with Gasteiger partial charge < -0.3 is 19.9 Å². The number of nitrogens with zero attached hydrogens (tertiary/aromatic N) is 3. The molecule has 3 fully saturated rings. The van der Waals surface area contributed by atoms with Crippen LogP contribution >= 0.6 is 0 Å².